The fourth-order valence-corrected chi connectivity index (χ4v) is 2.17. The van der Waals surface area contributed by atoms with Crippen molar-refractivity contribution in [2.45, 2.75) is 26.8 Å². The summed E-state index contributed by atoms with van der Waals surface area (Å²) in [4.78, 5) is 0. The van der Waals surface area contributed by atoms with Gasteiger partial charge in [-0.25, -0.2) is 0 Å². The Kier molecular flexibility index (Phi) is 5.71. The van der Waals surface area contributed by atoms with Crippen molar-refractivity contribution in [1.29, 1.82) is 0 Å². The van der Waals surface area contributed by atoms with Gasteiger partial charge in [-0.1, -0.05) is 23.8 Å². The molecule has 0 bridgehead atoms. The molecule has 0 aromatic heterocycles. The second-order valence-corrected chi connectivity index (χ2v) is 5.79. The highest BCUT2D eigenvalue weighted by atomic mass is 32.2. The third kappa shape index (κ3) is 4.90. The molecule has 0 aliphatic heterocycles. The van der Waals surface area contributed by atoms with Gasteiger partial charge in [0, 0.05) is 29.4 Å². The predicted molar refractivity (Wildman–Crippen MR) is 71.2 cm³/mol. The van der Waals surface area contributed by atoms with E-state index >= 15 is 0 Å². The average Bonchev–Trinajstić information content (AvgIpc) is 2.22. The number of nitrogens with one attached hydrogen (secondary N) is 1. The van der Waals surface area contributed by atoms with Crippen molar-refractivity contribution < 1.29 is 4.21 Å². The van der Waals surface area contributed by atoms with E-state index in [1.54, 1.807) is 6.26 Å². The molecule has 0 aliphatic rings. The molecule has 1 rings (SSSR count). The summed E-state index contributed by atoms with van der Waals surface area (Å²) in [5.74, 6) is 0.791. The Bertz CT molecular complexity index is 363. The third-order valence-electron chi connectivity index (χ3n) is 2.61. The van der Waals surface area contributed by atoms with Crippen LogP contribution in [-0.2, 0) is 17.3 Å². The number of aryl methyl sites for hydroxylation is 2. The van der Waals surface area contributed by atoms with Crippen LogP contribution in [0.5, 0.6) is 0 Å². The molecule has 3 heteroatoms. The molecule has 2 nitrogen and oxygen atoms in total. The standard InChI is InChI=1S/C13H21NOS/c1-11-5-6-12(2)13(9-11)10-14-7-4-8-16(3)15/h5-6,9,14H,4,7-8,10H2,1-3H3. The zero-order chi connectivity index (χ0) is 12.0. The largest absolute Gasteiger partial charge is 0.313 e. The van der Waals surface area contributed by atoms with Gasteiger partial charge < -0.3 is 5.32 Å². The lowest BCUT2D eigenvalue weighted by molar-refractivity contribution is 0.660. The first-order valence-electron chi connectivity index (χ1n) is 5.66. The lowest BCUT2D eigenvalue weighted by atomic mass is 10.1. The topological polar surface area (TPSA) is 29.1 Å². The minimum absolute atomic E-state index is 0.662. The van der Waals surface area contributed by atoms with E-state index in [0.29, 0.717) is 0 Å². The Morgan fingerprint density at radius 1 is 1.31 bits per heavy atom. The molecule has 0 radical (unpaired) electrons. The lowest BCUT2D eigenvalue weighted by Gasteiger charge is -2.08. The highest BCUT2D eigenvalue weighted by Gasteiger charge is 1.98. The van der Waals surface area contributed by atoms with E-state index in [4.69, 9.17) is 0 Å². The Hall–Kier alpha value is -0.670. The van der Waals surface area contributed by atoms with Crippen molar-refractivity contribution in [3.8, 4) is 0 Å². The van der Waals surface area contributed by atoms with Crippen LogP contribution in [0.4, 0.5) is 0 Å². The minimum Gasteiger partial charge on any atom is -0.313 e. The molecule has 1 unspecified atom stereocenters. The van der Waals surface area contributed by atoms with E-state index in [-0.39, 0.29) is 0 Å². The molecule has 1 atom stereocenters. The number of rotatable bonds is 6. The summed E-state index contributed by atoms with van der Waals surface area (Å²) in [7, 11) is -0.662. The third-order valence-corrected chi connectivity index (χ3v) is 3.47. The first-order valence-corrected chi connectivity index (χ1v) is 7.39. The van der Waals surface area contributed by atoms with E-state index < -0.39 is 10.8 Å². The Balaban J connectivity index is 2.31. The van der Waals surface area contributed by atoms with Gasteiger partial charge in [0.2, 0.25) is 0 Å². The summed E-state index contributed by atoms with van der Waals surface area (Å²) < 4.78 is 10.9. The molecular weight excluding hydrogens is 218 g/mol. The van der Waals surface area contributed by atoms with Gasteiger partial charge in [-0.2, -0.15) is 0 Å². The van der Waals surface area contributed by atoms with Gasteiger partial charge in [0.25, 0.3) is 0 Å². The molecule has 16 heavy (non-hydrogen) atoms. The van der Waals surface area contributed by atoms with Gasteiger partial charge in [0.15, 0.2) is 0 Å². The molecule has 90 valence electrons. The van der Waals surface area contributed by atoms with E-state index in [1.807, 2.05) is 0 Å². The fourth-order valence-electron chi connectivity index (χ4n) is 1.61. The summed E-state index contributed by atoms with van der Waals surface area (Å²) in [6.07, 6.45) is 2.73. The van der Waals surface area contributed by atoms with Crippen molar-refractivity contribution in [1.82, 2.24) is 5.32 Å². The smallest absolute Gasteiger partial charge is 0.0244 e. The van der Waals surface area contributed by atoms with Crippen LogP contribution < -0.4 is 5.32 Å². The zero-order valence-electron chi connectivity index (χ0n) is 10.4. The van der Waals surface area contributed by atoms with Crippen LogP contribution in [0.3, 0.4) is 0 Å². The number of hydrogen-bond donors (Lipinski definition) is 1. The van der Waals surface area contributed by atoms with Gasteiger partial charge in [-0.3, -0.25) is 4.21 Å². The van der Waals surface area contributed by atoms with E-state index in [9.17, 15) is 4.21 Å². The van der Waals surface area contributed by atoms with E-state index in [2.05, 4.69) is 37.4 Å². The van der Waals surface area contributed by atoms with Crippen molar-refractivity contribution in [2.24, 2.45) is 0 Å². The van der Waals surface area contributed by atoms with Crippen LogP contribution in [0.2, 0.25) is 0 Å². The molecule has 1 N–H and O–H groups in total. The van der Waals surface area contributed by atoms with Crippen LogP contribution in [0.25, 0.3) is 0 Å². The van der Waals surface area contributed by atoms with Gasteiger partial charge in [0.1, 0.15) is 0 Å². The van der Waals surface area contributed by atoms with Crippen LogP contribution in [-0.4, -0.2) is 22.8 Å². The van der Waals surface area contributed by atoms with Gasteiger partial charge in [-0.15, -0.1) is 0 Å². The van der Waals surface area contributed by atoms with E-state index in [0.717, 1.165) is 25.3 Å². The summed E-state index contributed by atoms with van der Waals surface area (Å²) in [6, 6.07) is 6.52. The maximum absolute atomic E-state index is 10.9. The van der Waals surface area contributed by atoms with Crippen LogP contribution in [0.1, 0.15) is 23.1 Å². The summed E-state index contributed by atoms with van der Waals surface area (Å²) >= 11 is 0. The Labute approximate surface area is 101 Å². The molecule has 0 aliphatic carbocycles. The van der Waals surface area contributed by atoms with Crippen LogP contribution in [0.15, 0.2) is 18.2 Å². The van der Waals surface area contributed by atoms with Crippen molar-refractivity contribution in [3.05, 3.63) is 34.9 Å². The highest BCUT2D eigenvalue weighted by Crippen LogP contribution is 2.09. The van der Waals surface area contributed by atoms with Crippen molar-refractivity contribution in [3.63, 3.8) is 0 Å². The first kappa shape index (κ1) is 13.4. The molecule has 0 saturated carbocycles. The van der Waals surface area contributed by atoms with Gasteiger partial charge >= 0.3 is 0 Å². The van der Waals surface area contributed by atoms with Crippen molar-refractivity contribution in [2.75, 3.05) is 18.6 Å². The highest BCUT2D eigenvalue weighted by molar-refractivity contribution is 7.84. The molecule has 1 aromatic rings. The SMILES string of the molecule is Cc1ccc(C)c(CNCCCS(C)=O)c1. The molecule has 0 fully saturated rings. The van der Waals surface area contributed by atoms with Gasteiger partial charge in [-0.05, 0) is 37.9 Å². The Morgan fingerprint density at radius 3 is 2.75 bits per heavy atom. The van der Waals surface area contributed by atoms with Crippen LogP contribution >= 0.6 is 0 Å². The fraction of sp³-hybridized carbons (Fsp3) is 0.538. The zero-order valence-corrected chi connectivity index (χ0v) is 11.2. The monoisotopic (exact) mass is 239 g/mol. The molecule has 1 aromatic carbocycles. The second-order valence-electron chi connectivity index (χ2n) is 4.24. The predicted octanol–water partition coefficient (Wildman–Crippen LogP) is 2.16. The normalized spacial score (nSPS) is 12.7. The maximum atomic E-state index is 10.9. The maximum Gasteiger partial charge on any atom is 0.0244 e. The van der Waals surface area contributed by atoms with Gasteiger partial charge in [0.05, 0.1) is 0 Å². The lowest BCUT2D eigenvalue weighted by Crippen LogP contribution is -2.17. The first-order chi connectivity index (χ1) is 7.59. The molecule has 0 spiro atoms. The van der Waals surface area contributed by atoms with Crippen molar-refractivity contribution >= 4 is 10.8 Å². The minimum atomic E-state index is -0.662. The number of benzene rings is 1. The summed E-state index contributed by atoms with van der Waals surface area (Å²) in [6.45, 7) is 6.09. The summed E-state index contributed by atoms with van der Waals surface area (Å²) in [5.41, 5.74) is 3.99. The van der Waals surface area contributed by atoms with E-state index in [1.165, 1.54) is 16.7 Å². The van der Waals surface area contributed by atoms with Crippen LogP contribution in [0, 0.1) is 13.8 Å². The quantitative estimate of drug-likeness (QED) is 0.771. The molecule has 0 saturated heterocycles. The summed E-state index contributed by atoms with van der Waals surface area (Å²) in [5, 5.41) is 3.39. The molecule has 0 amide bonds. The number of hydrogen-bond acceptors (Lipinski definition) is 2. The second kappa shape index (κ2) is 6.81. The Morgan fingerprint density at radius 2 is 2.06 bits per heavy atom. The molecular formula is C13H21NOS. The molecule has 0 heterocycles. The average molecular weight is 239 g/mol.